The van der Waals surface area contributed by atoms with Crippen LogP contribution in [0.15, 0.2) is 42.0 Å². The summed E-state index contributed by atoms with van der Waals surface area (Å²) in [6.45, 7) is 0.465. The van der Waals surface area contributed by atoms with E-state index in [0.29, 0.717) is 24.8 Å². The normalized spacial score (nSPS) is 10.6. The summed E-state index contributed by atoms with van der Waals surface area (Å²) in [4.78, 5) is 20.2. The van der Waals surface area contributed by atoms with Crippen molar-refractivity contribution in [1.29, 1.82) is 0 Å². The van der Waals surface area contributed by atoms with Gasteiger partial charge in [-0.2, -0.15) is 0 Å². The number of ether oxygens (including phenoxy) is 1. The first-order valence-electron chi connectivity index (χ1n) is 7.92. The van der Waals surface area contributed by atoms with Gasteiger partial charge in [-0.15, -0.1) is 11.3 Å². The van der Waals surface area contributed by atoms with E-state index in [1.165, 1.54) is 11.3 Å². The van der Waals surface area contributed by atoms with Crippen LogP contribution in [-0.4, -0.2) is 22.4 Å². The molecule has 0 spiro atoms. The molecule has 0 saturated heterocycles. The molecule has 1 amide bonds. The molecule has 0 radical (unpaired) electrons. The summed E-state index contributed by atoms with van der Waals surface area (Å²) in [5, 5.41) is 5.04. The number of halogens is 3. The Bertz CT molecular complexity index is 935. The monoisotopic (exact) mass is 393 g/mol. The largest absolute Gasteiger partial charge is 0.485 e. The lowest BCUT2D eigenvalue weighted by Gasteiger charge is -2.06. The Hall–Kier alpha value is -2.94. The number of nitrogens with one attached hydrogen (secondary N) is 1. The van der Waals surface area contributed by atoms with E-state index in [2.05, 4.69) is 15.3 Å². The first kappa shape index (κ1) is 18.8. The molecular weight excluding hydrogens is 379 g/mol. The van der Waals surface area contributed by atoms with Crippen LogP contribution in [0.25, 0.3) is 0 Å². The molecule has 3 aromatic rings. The van der Waals surface area contributed by atoms with Gasteiger partial charge in [0.25, 0.3) is 5.91 Å². The summed E-state index contributed by atoms with van der Waals surface area (Å²) in [6, 6.07) is 5.16. The Morgan fingerprint density at radius 1 is 1.19 bits per heavy atom. The van der Waals surface area contributed by atoms with Gasteiger partial charge in [0.15, 0.2) is 17.5 Å². The Morgan fingerprint density at radius 3 is 2.81 bits per heavy atom. The maximum atomic E-state index is 13.6. The highest BCUT2D eigenvalue weighted by Gasteiger charge is 2.18. The molecule has 0 fully saturated rings. The fraction of sp³-hybridized carbons (Fsp3) is 0.167. The number of benzene rings is 1. The van der Waals surface area contributed by atoms with E-state index in [4.69, 9.17) is 4.74 Å². The molecule has 0 bridgehead atoms. The number of thiazole rings is 1. The van der Waals surface area contributed by atoms with Crippen molar-refractivity contribution >= 4 is 17.2 Å². The number of carbonyl (C=O) groups excluding carboxylic acids is 1. The van der Waals surface area contributed by atoms with Crippen molar-refractivity contribution in [1.82, 2.24) is 15.3 Å². The molecule has 0 atom stereocenters. The van der Waals surface area contributed by atoms with Crippen LogP contribution in [0.2, 0.25) is 0 Å². The van der Waals surface area contributed by atoms with E-state index < -0.39 is 28.9 Å². The Balaban J connectivity index is 1.49. The summed E-state index contributed by atoms with van der Waals surface area (Å²) >= 11 is 1.41. The van der Waals surface area contributed by atoms with E-state index in [0.717, 1.165) is 16.8 Å². The molecule has 0 saturated carbocycles. The van der Waals surface area contributed by atoms with Gasteiger partial charge < -0.3 is 10.1 Å². The maximum absolute atomic E-state index is 13.6. The standard InChI is InChI=1S/C18H14F3N3O2S/c19-14-4-3-13(16(20)17(14)21)18(25)23-7-5-11-10-27-15(24-11)9-26-12-2-1-6-22-8-12/h1-4,6,8,10H,5,7,9H2,(H,23,25). The van der Waals surface area contributed by atoms with Gasteiger partial charge in [0.05, 0.1) is 17.5 Å². The number of carbonyl (C=O) groups is 1. The van der Waals surface area contributed by atoms with E-state index in [1.807, 2.05) is 5.38 Å². The number of aromatic nitrogens is 2. The van der Waals surface area contributed by atoms with E-state index in [9.17, 15) is 18.0 Å². The van der Waals surface area contributed by atoms with Crippen LogP contribution in [0.5, 0.6) is 5.75 Å². The Morgan fingerprint density at radius 2 is 2.04 bits per heavy atom. The Labute approximate surface area is 156 Å². The van der Waals surface area contributed by atoms with Crippen molar-refractivity contribution < 1.29 is 22.7 Å². The fourth-order valence-corrected chi connectivity index (χ4v) is 2.95. The van der Waals surface area contributed by atoms with Crippen molar-refractivity contribution in [3.8, 4) is 5.75 Å². The summed E-state index contributed by atoms with van der Waals surface area (Å²) in [6.07, 6.45) is 3.65. The average Bonchev–Trinajstić information content (AvgIpc) is 3.13. The number of hydrogen-bond donors (Lipinski definition) is 1. The van der Waals surface area contributed by atoms with Gasteiger partial charge in [-0.25, -0.2) is 18.2 Å². The molecule has 3 rings (SSSR count). The molecule has 140 valence electrons. The van der Waals surface area contributed by atoms with Crippen LogP contribution in [0.3, 0.4) is 0 Å². The minimum Gasteiger partial charge on any atom is -0.485 e. The summed E-state index contributed by atoms with van der Waals surface area (Å²) in [7, 11) is 0. The lowest BCUT2D eigenvalue weighted by molar-refractivity contribution is 0.0948. The van der Waals surface area contributed by atoms with Gasteiger partial charge in [0, 0.05) is 24.5 Å². The van der Waals surface area contributed by atoms with E-state index in [-0.39, 0.29) is 6.54 Å². The second kappa shape index (κ2) is 8.63. The molecule has 2 heterocycles. The maximum Gasteiger partial charge on any atom is 0.254 e. The topological polar surface area (TPSA) is 64.1 Å². The van der Waals surface area contributed by atoms with Crippen LogP contribution in [-0.2, 0) is 13.0 Å². The Kier molecular flexibility index (Phi) is 6.02. The van der Waals surface area contributed by atoms with Crippen molar-refractivity contribution in [2.24, 2.45) is 0 Å². The second-order valence-corrected chi connectivity index (χ2v) is 6.38. The average molecular weight is 393 g/mol. The van der Waals surface area contributed by atoms with Gasteiger partial charge in [-0.05, 0) is 24.3 Å². The van der Waals surface area contributed by atoms with E-state index >= 15 is 0 Å². The molecular formula is C18H14F3N3O2S. The number of amides is 1. The predicted molar refractivity (Wildman–Crippen MR) is 93.0 cm³/mol. The van der Waals surface area contributed by atoms with Crippen LogP contribution in [0, 0.1) is 17.5 Å². The van der Waals surface area contributed by atoms with Crippen LogP contribution >= 0.6 is 11.3 Å². The first-order valence-corrected chi connectivity index (χ1v) is 8.80. The molecule has 1 aromatic carbocycles. The van der Waals surface area contributed by atoms with E-state index in [1.54, 1.807) is 24.5 Å². The smallest absolute Gasteiger partial charge is 0.254 e. The van der Waals surface area contributed by atoms with Gasteiger partial charge in [0.2, 0.25) is 0 Å². The van der Waals surface area contributed by atoms with Gasteiger partial charge >= 0.3 is 0 Å². The van der Waals surface area contributed by atoms with Crippen molar-refractivity contribution in [2.75, 3.05) is 6.54 Å². The van der Waals surface area contributed by atoms with Gasteiger partial charge in [-0.3, -0.25) is 9.78 Å². The summed E-state index contributed by atoms with van der Waals surface area (Å²) < 4.78 is 45.2. The molecule has 27 heavy (non-hydrogen) atoms. The lowest BCUT2D eigenvalue weighted by atomic mass is 10.2. The minimum atomic E-state index is -1.67. The summed E-state index contributed by atoms with van der Waals surface area (Å²) in [5.74, 6) is -4.69. The molecule has 0 aliphatic rings. The van der Waals surface area contributed by atoms with Crippen LogP contribution in [0.1, 0.15) is 21.1 Å². The highest BCUT2D eigenvalue weighted by atomic mass is 32.1. The van der Waals surface area contributed by atoms with Gasteiger partial charge in [-0.1, -0.05) is 0 Å². The number of pyridine rings is 1. The number of hydrogen-bond acceptors (Lipinski definition) is 5. The van der Waals surface area contributed by atoms with Crippen LogP contribution < -0.4 is 10.1 Å². The third-order valence-corrected chi connectivity index (χ3v) is 4.41. The highest BCUT2D eigenvalue weighted by molar-refractivity contribution is 7.09. The van der Waals surface area contributed by atoms with Crippen LogP contribution in [0.4, 0.5) is 13.2 Å². The zero-order chi connectivity index (χ0) is 19.2. The van der Waals surface area contributed by atoms with Crippen molar-refractivity contribution in [2.45, 2.75) is 13.0 Å². The highest BCUT2D eigenvalue weighted by Crippen LogP contribution is 2.16. The van der Waals surface area contributed by atoms with Gasteiger partial charge in [0.1, 0.15) is 17.4 Å². The third-order valence-electron chi connectivity index (χ3n) is 3.54. The summed E-state index contributed by atoms with van der Waals surface area (Å²) in [5.41, 5.74) is 0.189. The molecule has 9 heteroatoms. The minimum absolute atomic E-state index is 0.171. The molecule has 2 aromatic heterocycles. The fourth-order valence-electron chi connectivity index (χ4n) is 2.21. The molecule has 0 unspecified atom stereocenters. The molecule has 0 aliphatic carbocycles. The van der Waals surface area contributed by atoms with Crippen molar-refractivity contribution in [3.05, 3.63) is 75.8 Å². The third kappa shape index (κ3) is 4.82. The number of rotatable bonds is 7. The SMILES string of the molecule is O=C(NCCc1csc(COc2cccnc2)n1)c1ccc(F)c(F)c1F. The van der Waals surface area contributed by atoms with Crippen molar-refractivity contribution in [3.63, 3.8) is 0 Å². The first-order chi connectivity index (χ1) is 13.0. The number of nitrogens with zero attached hydrogens (tertiary/aromatic N) is 2. The zero-order valence-corrected chi connectivity index (χ0v) is 14.7. The lowest BCUT2D eigenvalue weighted by Crippen LogP contribution is -2.27. The predicted octanol–water partition coefficient (Wildman–Crippen LogP) is 3.51. The molecule has 0 aliphatic heterocycles. The quantitative estimate of drug-likeness (QED) is 0.624. The molecule has 1 N–H and O–H groups in total. The second-order valence-electron chi connectivity index (χ2n) is 5.44. The molecule has 5 nitrogen and oxygen atoms in total. The zero-order valence-electron chi connectivity index (χ0n) is 13.9.